The minimum atomic E-state index is -1.33. The van der Waals surface area contributed by atoms with Gasteiger partial charge in [0.15, 0.2) is 0 Å². The summed E-state index contributed by atoms with van der Waals surface area (Å²) in [6, 6.07) is 5.22. The Morgan fingerprint density at radius 3 is 2.42 bits per heavy atom. The molecule has 0 fully saturated rings. The van der Waals surface area contributed by atoms with Crippen LogP contribution in [0.3, 0.4) is 0 Å². The van der Waals surface area contributed by atoms with Crippen LogP contribution in [-0.4, -0.2) is 16.3 Å². The summed E-state index contributed by atoms with van der Waals surface area (Å²) in [6.07, 6.45) is 2.27. The number of carbonyl (C=O) groups is 1. The number of hydrogen-bond donors (Lipinski definition) is 3. The number of primary amides is 1. The van der Waals surface area contributed by atoms with Gasteiger partial charge in [0.25, 0.3) is 0 Å². The van der Waals surface area contributed by atoms with E-state index < -0.39 is 12.2 Å². The lowest BCUT2D eigenvalue weighted by atomic mass is 10.0. The Labute approximate surface area is 123 Å². The van der Waals surface area contributed by atoms with Crippen LogP contribution in [0.5, 0.6) is 0 Å². The lowest BCUT2D eigenvalue weighted by Gasteiger charge is -2.12. The maximum atomic E-state index is 9.89. The third kappa shape index (κ3) is 8.70. The van der Waals surface area contributed by atoms with Gasteiger partial charge in [0, 0.05) is 10.0 Å². The van der Waals surface area contributed by atoms with E-state index >= 15 is 0 Å². The zero-order valence-electron chi connectivity index (χ0n) is 10.8. The molecule has 1 aromatic rings. The molecule has 0 aromatic heterocycles. The summed E-state index contributed by atoms with van der Waals surface area (Å²) in [5.74, 6) is 0. The van der Waals surface area contributed by atoms with E-state index in [0.717, 1.165) is 31.2 Å². The summed E-state index contributed by atoms with van der Waals surface area (Å²) in [6.45, 7) is 2.14. The molecule has 0 radical (unpaired) electrons. The Balaban J connectivity index is 0.000000711. The highest BCUT2D eigenvalue weighted by atomic mass is 35.5. The van der Waals surface area contributed by atoms with Crippen LogP contribution in [0.1, 0.15) is 44.3 Å². The average molecular weight is 308 g/mol. The van der Waals surface area contributed by atoms with E-state index in [0.29, 0.717) is 10.0 Å². The van der Waals surface area contributed by atoms with Gasteiger partial charge < -0.3 is 15.9 Å². The van der Waals surface area contributed by atoms with E-state index in [4.69, 9.17) is 33.1 Å². The SMILES string of the molecule is CCCCCC(O)c1ccc(Cl)cc1Cl.NC(=O)O. The number of hydrogen-bond acceptors (Lipinski definition) is 2. The molecule has 0 heterocycles. The van der Waals surface area contributed by atoms with E-state index in [-0.39, 0.29) is 0 Å². The minimum Gasteiger partial charge on any atom is -0.465 e. The summed E-state index contributed by atoms with van der Waals surface area (Å²) >= 11 is 11.8. The van der Waals surface area contributed by atoms with Gasteiger partial charge in [0.1, 0.15) is 0 Å². The first kappa shape index (κ1) is 18.0. The highest BCUT2D eigenvalue weighted by molar-refractivity contribution is 6.35. The molecule has 4 nitrogen and oxygen atoms in total. The van der Waals surface area contributed by atoms with Crippen molar-refractivity contribution in [2.24, 2.45) is 5.73 Å². The van der Waals surface area contributed by atoms with Crippen LogP contribution in [0.25, 0.3) is 0 Å². The van der Waals surface area contributed by atoms with Crippen molar-refractivity contribution in [1.82, 2.24) is 0 Å². The Bertz CT molecular complexity index is 395. The normalized spacial score (nSPS) is 11.4. The van der Waals surface area contributed by atoms with Crippen LogP contribution in [-0.2, 0) is 0 Å². The lowest BCUT2D eigenvalue weighted by Crippen LogP contribution is -2.03. The topological polar surface area (TPSA) is 83.5 Å². The van der Waals surface area contributed by atoms with E-state index in [2.05, 4.69) is 12.7 Å². The Kier molecular flexibility index (Phi) is 9.39. The first-order valence-corrected chi connectivity index (χ1v) is 6.75. The molecule has 0 aliphatic heterocycles. The molecule has 4 N–H and O–H groups in total. The molecule has 6 heteroatoms. The third-order valence-electron chi connectivity index (χ3n) is 2.40. The van der Waals surface area contributed by atoms with E-state index in [9.17, 15) is 5.11 Å². The van der Waals surface area contributed by atoms with Gasteiger partial charge in [0.2, 0.25) is 0 Å². The second-order valence-corrected chi connectivity index (χ2v) is 4.86. The van der Waals surface area contributed by atoms with Crippen LogP contribution in [0.2, 0.25) is 10.0 Å². The molecule has 1 atom stereocenters. The second-order valence-electron chi connectivity index (χ2n) is 4.02. The smallest absolute Gasteiger partial charge is 0.402 e. The molecule has 0 bridgehead atoms. The zero-order valence-corrected chi connectivity index (χ0v) is 12.3. The molecule has 0 spiro atoms. The van der Waals surface area contributed by atoms with Crippen molar-refractivity contribution in [3.8, 4) is 0 Å². The number of aliphatic hydroxyl groups is 1. The van der Waals surface area contributed by atoms with Crippen molar-refractivity contribution in [1.29, 1.82) is 0 Å². The van der Waals surface area contributed by atoms with Gasteiger partial charge >= 0.3 is 6.09 Å². The standard InChI is InChI=1S/C12H16Cl2O.CH3NO2/c1-2-3-4-5-12(15)10-7-6-9(13)8-11(10)14;2-1(3)4/h6-8,12,15H,2-5H2,1H3;2H2,(H,3,4). The fraction of sp³-hybridized carbons (Fsp3) is 0.462. The number of benzene rings is 1. The molecular formula is C13H19Cl2NO3. The predicted octanol–water partition coefficient (Wildman–Crippen LogP) is 4.23. The van der Waals surface area contributed by atoms with Crippen LogP contribution in [0.4, 0.5) is 4.79 Å². The molecule has 0 saturated carbocycles. The Morgan fingerprint density at radius 2 is 1.95 bits per heavy atom. The molecule has 1 amide bonds. The fourth-order valence-electron chi connectivity index (χ4n) is 1.51. The average Bonchev–Trinajstić information content (AvgIpc) is 2.28. The summed E-state index contributed by atoms with van der Waals surface area (Å²) in [5.41, 5.74) is 4.80. The van der Waals surface area contributed by atoms with Crippen molar-refractivity contribution in [2.75, 3.05) is 0 Å². The second kappa shape index (κ2) is 9.89. The summed E-state index contributed by atoms with van der Waals surface area (Å²) in [4.78, 5) is 8.78. The van der Waals surface area contributed by atoms with E-state index in [1.165, 1.54) is 0 Å². The lowest BCUT2D eigenvalue weighted by molar-refractivity contribution is 0.163. The van der Waals surface area contributed by atoms with Crippen LogP contribution < -0.4 is 5.73 Å². The van der Waals surface area contributed by atoms with Crippen LogP contribution in [0, 0.1) is 0 Å². The monoisotopic (exact) mass is 307 g/mol. The minimum absolute atomic E-state index is 0.471. The highest BCUT2D eigenvalue weighted by Gasteiger charge is 2.11. The number of carboxylic acid groups (broad SMARTS) is 1. The van der Waals surface area contributed by atoms with Crippen molar-refractivity contribution < 1.29 is 15.0 Å². The van der Waals surface area contributed by atoms with Gasteiger partial charge in [0.05, 0.1) is 6.10 Å². The summed E-state index contributed by atoms with van der Waals surface area (Å²) in [5, 5.41) is 18.2. The number of unbranched alkanes of at least 4 members (excludes halogenated alkanes) is 2. The number of amides is 1. The van der Waals surface area contributed by atoms with Gasteiger partial charge in [-0.25, -0.2) is 4.79 Å². The highest BCUT2D eigenvalue weighted by Crippen LogP contribution is 2.28. The molecular weight excluding hydrogens is 289 g/mol. The van der Waals surface area contributed by atoms with Crippen molar-refractivity contribution in [2.45, 2.75) is 38.7 Å². The van der Waals surface area contributed by atoms with Gasteiger partial charge in [-0.05, 0) is 24.1 Å². The Hall–Kier alpha value is -0.970. The maximum absolute atomic E-state index is 9.89. The van der Waals surface area contributed by atoms with Crippen molar-refractivity contribution in [3.63, 3.8) is 0 Å². The zero-order chi connectivity index (χ0) is 14.8. The van der Waals surface area contributed by atoms with E-state index in [1.807, 2.05) is 0 Å². The molecule has 0 aliphatic rings. The molecule has 1 aromatic carbocycles. The first-order chi connectivity index (χ1) is 8.88. The number of rotatable bonds is 5. The number of halogens is 2. The van der Waals surface area contributed by atoms with Gasteiger partial charge in [-0.3, -0.25) is 0 Å². The summed E-state index contributed by atoms with van der Waals surface area (Å²) in [7, 11) is 0. The van der Waals surface area contributed by atoms with Gasteiger partial charge in [-0.15, -0.1) is 0 Å². The number of aliphatic hydroxyl groups excluding tert-OH is 1. The van der Waals surface area contributed by atoms with Crippen LogP contribution >= 0.6 is 23.2 Å². The predicted molar refractivity (Wildman–Crippen MR) is 77.8 cm³/mol. The maximum Gasteiger partial charge on any atom is 0.402 e. The van der Waals surface area contributed by atoms with Crippen molar-refractivity contribution >= 4 is 29.3 Å². The molecule has 1 unspecified atom stereocenters. The third-order valence-corrected chi connectivity index (χ3v) is 2.97. The molecule has 1 rings (SSSR count). The molecule has 19 heavy (non-hydrogen) atoms. The Morgan fingerprint density at radius 1 is 1.37 bits per heavy atom. The molecule has 0 saturated heterocycles. The molecule has 108 valence electrons. The first-order valence-electron chi connectivity index (χ1n) is 5.99. The summed E-state index contributed by atoms with van der Waals surface area (Å²) < 4.78 is 0. The largest absolute Gasteiger partial charge is 0.465 e. The van der Waals surface area contributed by atoms with E-state index in [1.54, 1.807) is 18.2 Å². The van der Waals surface area contributed by atoms with Gasteiger partial charge in [-0.2, -0.15) is 0 Å². The van der Waals surface area contributed by atoms with Gasteiger partial charge in [-0.1, -0.05) is 55.5 Å². The fourth-order valence-corrected chi connectivity index (χ4v) is 2.05. The molecule has 0 aliphatic carbocycles. The van der Waals surface area contributed by atoms with Crippen molar-refractivity contribution in [3.05, 3.63) is 33.8 Å². The number of nitrogens with two attached hydrogens (primary N) is 1. The quantitative estimate of drug-likeness (QED) is 0.712. The van der Waals surface area contributed by atoms with Crippen LogP contribution in [0.15, 0.2) is 18.2 Å².